The van der Waals surface area contributed by atoms with E-state index in [2.05, 4.69) is 11.8 Å². The molecule has 2 nitrogen and oxygen atoms in total. The second-order valence-corrected chi connectivity index (χ2v) is 4.17. The molecule has 0 saturated carbocycles. The first-order chi connectivity index (χ1) is 8.09. The van der Waals surface area contributed by atoms with Gasteiger partial charge in [0.1, 0.15) is 5.57 Å². The molecule has 17 heavy (non-hydrogen) atoms. The average molecular weight is 228 g/mol. The van der Waals surface area contributed by atoms with E-state index in [4.69, 9.17) is 5.11 Å². The van der Waals surface area contributed by atoms with Crippen LogP contribution >= 0.6 is 0 Å². The summed E-state index contributed by atoms with van der Waals surface area (Å²) in [6.45, 7) is 4.08. The molecule has 2 heteroatoms. The lowest BCUT2D eigenvalue weighted by molar-refractivity contribution is -0.132. The van der Waals surface area contributed by atoms with Gasteiger partial charge in [0.05, 0.1) is 0 Å². The van der Waals surface area contributed by atoms with Gasteiger partial charge in [-0.05, 0) is 24.5 Å². The van der Waals surface area contributed by atoms with Crippen molar-refractivity contribution in [1.82, 2.24) is 0 Å². The monoisotopic (exact) mass is 228 g/mol. The zero-order chi connectivity index (χ0) is 12.7. The Hall–Kier alpha value is -2.01. The van der Waals surface area contributed by atoms with Gasteiger partial charge in [0.25, 0.3) is 0 Å². The topological polar surface area (TPSA) is 37.3 Å². The quantitative estimate of drug-likeness (QED) is 0.637. The maximum Gasteiger partial charge on any atom is 0.343 e. The molecule has 1 aromatic carbocycles. The molecule has 0 heterocycles. The third kappa shape index (κ3) is 5.03. The van der Waals surface area contributed by atoms with Gasteiger partial charge in [-0.2, -0.15) is 0 Å². The number of hydrogen-bond acceptors (Lipinski definition) is 1. The third-order valence-corrected chi connectivity index (χ3v) is 2.14. The van der Waals surface area contributed by atoms with Gasteiger partial charge in [0, 0.05) is 5.56 Å². The van der Waals surface area contributed by atoms with E-state index >= 15 is 0 Å². The highest BCUT2D eigenvalue weighted by atomic mass is 16.4. The van der Waals surface area contributed by atoms with Gasteiger partial charge in [-0.15, -0.1) is 0 Å². The fraction of sp³-hybridized carbons (Fsp3) is 0.267. The van der Waals surface area contributed by atoms with Crippen LogP contribution in [0.2, 0.25) is 0 Å². The first-order valence-corrected chi connectivity index (χ1v) is 5.60. The van der Waals surface area contributed by atoms with Crippen molar-refractivity contribution in [3.8, 4) is 11.8 Å². The molecule has 0 amide bonds. The Morgan fingerprint density at radius 1 is 1.35 bits per heavy atom. The molecule has 0 aliphatic carbocycles. The molecule has 0 saturated heterocycles. The van der Waals surface area contributed by atoms with Crippen LogP contribution in [0.1, 0.15) is 25.8 Å². The van der Waals surface area contributed by atoms with Crippen molar-refractivity contribution in [1.29, 1.82) is 0 Å². The lowest BCUT2D eigenvalue weighted by Crippen LogP contribution is -1.99. The molecule has 0 aliphatic rings. The summed E-state index contributed by atoms with van der Waals surface area (Å²) in [6.07, 6.45) is 2.41. The molecule has 0 radical (unpaired) electrons. The van der Waals surface area contributed by atoms with Crippen LogP contribution in [-0.2, 0) is 4.79 Å². The van der Waals surface area contributed by atoms with E-state index in [1.807, 2.05) is 44.2 Å². The molecule has 88 valence electrons. The SMILES string of the molecule is CC(C)C/C=C(\C#Cc1ccccc1)C(=O)O. The number of rotatable bonds is 3. The first kappa shape index (κ1) is 13.1. The summed E-state index contributed by atoms with van der Waals surface area (Å²) in [6, 6.07) is 9.37. The number of benzene rings is 1. The number of carbonyl (C=O) groups is 1. The van der Waals surface area contributed by atoms with Gasteiger partial charge in [-0.1, -0.05) is 50.0 Å². The van der Waals surface area contributed by atoms with Crippen LogP contribution in [0.4, 0.5) is 0 Å². The van der Waals surface area contributed by atoms with Crippen molar-refractivity contribution >= 4 is 5.97 Å². The molecule has 0 bridgehead atoms. The normalized spacial score (nSPS) is 10.9. The molecule has 0 spiro atoms. The smallest absolute Gasteiger partial charge is 0.343 e. The van der Waals surface area contributed by atoms with Crippen LogP contribution in [0.5, 0.6) is 0 Å². The summed E-state index contributed by atoms with van der Waals surface area (Å²) >= 11 is 0. The van der Waals surface area contributed by atoms with Crippen LogP contribution < -0.4 is 0 Å². The van der Waals surface area contributed by atoms with Gasteiger partial charge in [0.2, 0.25) is 0 Å². The molecule has 0 unspecified atom stereocenters. The Bertz CT molecular complexity index is 459. The average Bonchev–Trinajstić information content (AvgIpc) is 2.29. The first-order valence-electron chi connectivity index (χ1n) is 5.60. The summed E-state index contributed by atoms with van der Waals surface area (Å²) in [5, 5.41) is 8.99. The number of aliphatic carboxylic acids is 1. The van der Waals surface area contributed by atoms with Crippen molar-refractivity contribution in [2.75, 3.05) is 0 Å². The molecule has 0 aliphatic heterocycles. The number of carboxylic acids is 1. The standard InChI is InChI=1S/C15H16O2/c1-12(2)8-10-14(15(16)17)11-9-13-6-4-3-5-7-13/h3-7,10,12H,8H2,1-2H3,(H,16,17)/b14-10+. The van der Waals surface area contributed by atoms with Crippen LogP contribution in [0.25, 0.3) is 0 Å². The third-order valence-electron chi connectivity index (χ3n) is 2.14. The molecule has 1 rings (SSSR count). The Labute approximate surface area is 102 Å². The molecular formula is C15H16O2. The zero-order valence-corrected chi connectivity index (χ0v) is 10.1. The molecule has 0 aromatic heterocycles. The Morgan fingerprint density at radius 2 is 2.00 bits per heavy atom. The fourth-order valence-corrected chi connectivity index (χ4v) is 1.21. The van der Waals surface area contributed by atoms with Gasteiger partial charge >= 0.3 is 5.97 Å². The molecular weight excluding hydrogens is 212 g/mol. The predicted molar refractivity (Wildman–Crippen MR) is 68.5 cm³/mol. The van der Waals surface area contributed by atoms with Crippen LogP contribution in [0.15, 0.2) is 42.0 Å². The highest BCUT2D eigenvalue weighted by Gasteiger charge is 2.03. The van der Waals surface area contributed by atoms with E-state index < -0.39 is 5.97 Å². The Balaban J connectivity index is 2.85. The van der Waals surface area contributed by atoms with Gasteiger partial charge in [-0.25, -0.2) is 4.79 Å². The molecule has 0 fully saturated rings. The number of allylic oxidation sites excluding steroid dienone is 1. The van der Waals surface area contributed by atoms with Gasteiger partial charge in [0.15, 0.2) is 0 Å². The summed E-state index contributed by atoms with van der Waals surface area (Å²) in [5.41, 5.74) is 0.992. The minimum atomic E-state index is -0.964. The number of carboxylic acid groups (broad SMARTS) is 1. The van der Waals surface area contributed by atoms with E-state index in [1.54, 1.807) is 6.08 Å². The fourth-order valence-electron chi connectivity index (χ4n) is 1.21. The van der Waals surface area contributed by atoms with Crippen molar-refractivity contribution in [3.63, 3.8) is 0 Å². The largest absolute Gasteiger partial charge is 0.477 e. The number of hydrogen-bond donors (Lipinski definition) is 1. The van der Waals surface area contributed by atoms with Gasteiger partial charge < -0.3 is 5.11 Å². The van der Waals surface area contributed by atoms with E-state index in [-0.39, 0.29) is 5.57 Å². The van der Waals surface area contributed by atoms with Crippen molar-refractivity contribution in [3.05, 3.63) is 47.5 Å². The predicted octanol–water partition coefficient (Wildman–Crippen LogP) is 3.10. The van der Waals surface area contributed by atoms with Crippen LogP contribution in [-0.4, -0.2) is 11.1 Å². The lowest BCUT2D eigenvalue weighted by atomic mass is 10.1. The van der Waals surface area contributed by atoms with Crippen LogP contribution in [0, 0.1) is 17.8 Å². The highest BCUT2D eigenvalue weighted by molar-refractivity contribution is 5.91. The Morgan fingerprint density at radius 3 is 2.53 bits per heavy atom. The zero-order valence-electron chi connectivity index (χ0n) is 10.1. The minimum Gasteiger partial charge on any atom is -0.477 e. The maximum atomic E-state index is 11.0. The van der Waals surface area contributed by atoms with Gasteiger partial charge in [-0.3, -0.25) is 0 Å². The van der Waals surface area contributed by atoms with Crippen molar-refractivity contribution < 1.29 is 9.90 Å². The molecule has 0 atom stereocenters. The second kappa shape index (κ2) is 6.55. The molecule has 1 aromatic rings. The van der Waals surface area contributed by atoms with Crippen molar-refractivity contribution in [2.45, 2.75) is 20.3 Å². The van der Waals surface area contributed by atoms with E-state index in [0.29, 0.717) is 5.92 Å². The summed E-state index contributed by atoms with van der Waals surface area (Å²) < 4.78 is 0. The van der Waals surface area contributed by atoms with E-state index in [9.17, 15) is 4.79 Å². The van der Waals surface area contributed by atoms with Crippen LogP contribution in [0.3, 0.4) is 0 Å². The lowest BCUT2D eigenvalue weighted by Gasteiger charge is -1.98. The van der Waals surface area contributed by atoms with E-state index in [1.165, 1.54) is 0 Å². The Kier molecular flexibility index (Phi) is 5.03. The summed E-state index contributed by atoms with van der Waals surface area (Å²) in [7, 11) is 0. The van der Waals surface area contributed by atoms with E-state index in [0.717, 1.165) is 12.0 Å². The minimum absolute atomic E-state index is 0.169. The highest BCUT2D eigenvalue weighted by Crippen LogP contribution is 2.05. The molecule has 1 N–H and O–H groups in total. The van der Waals surface area contributed by atoms with Crippen molar-refractivity contribution in [2.24, 2.45) is 5.92 Å². The summed E-state index contributed by atoms with van der Waals surface area (Å²) in [4.78, 5) is 11.0. The second-order valence-electron chi connectivity index (χ2n) is 4.17. The summed E-state index contributed by atoms with van der Waals surface area (Å²) in [5.74, 6) is 5.02. The maximum absolute atomic E-state index is 11.0.